The van der Waals surface area contributed by atoms with Gasteiger partial charge in [0.1, 0.15) is 23.7 Å². The minimum Gasteiger partial charge on any atom is -0.453 e. The van der Waals surface area contributed by atoms with Crippen LogP contribution in [-0.2, 0) is 25.5 Å². The van der Waals surface area contributed by atoms with E-state index in [-0.39, 0.29) is 35.7 Å². The lowest BCUT2D eigenvalue weighted by Crippen LogP contribution is -2.52. The summed E-state index contributed by atoms with van der Waals surface area (Å²) >= 11 is 0. The Morgan fingerprint density at radius 3 is 2.03 bits per heavy atom. The van der Waals surface area contributed by atoms with E-state index in [0.29, 0.717) is 19.5 Å². The van der Waals surface area contributed by atoms with Crippen molar-refractivity contribution >= 4 is 34.9 Å². The molecular formula is C44H55N9O6. The number of amides is 4. The maximum Gasteiger partial charge on any atom is 0.407 e. The van der Waals surface area contributed by atoms with E-state index in [2.05, 4.69) is 68.1 Å². The number of hydrogen-bond donors (Lipinski definition) is 5. The van der Waals surface area contributed by atoms with Crippen molar-refractivity contribution in [3.8, 4) is 33.6 Å². The highest BCUT2D eigenvalue weighted by Gasteiger charge is 2.38. The highest BCUT2D eigenvalue weighted by molar-refractivity contribution is 6.02. The number of alkyl carbamates (subject to hydrolysis) is 2. The zero-order valence-corrected chi connectivity index (χ0v) is 34.6. The smallest absolute Gasteiger partial charge is 0.407 e. The van der Waals surface area contributed by atoms with Crippen LogP contribution >= 0.6 is 0 Å². The first-order valence-corrected chi connectivity index (χ1v) is 20.6. The predicted octanol–water partition coefficient (Wildman–Crippen LogP) is 6.96. The third kappa shape index (κ3) is 8.69. The van der Waals surface area contributed by atoms with Crippen LogP contribution in [0.1, 0.15) is 77.5 Å². The molecule has 312 valence electrons. The number of H-pyrrole nitrogens is 3. The topological polar surface area (TPSA) is 190 Å². The van der Waals surface area contributed by atoms with Crippen molar-refractivity contribution in [3.63, 3.8) is 0 Å². The van der Waals surface area contributed by atoms with Gasteiger partial charge in [0.25, 0.3) is 0 Å². The lowest BCUT2D eigenvalue weighted by Gasteiger charge is -2.30. The molecule has 0 spiro atoms. The molecule has 5 N–H and O–H groups in total. The summed E-state index contributed by atoms with van der Waals surface area (Å²) in [6, 6.07) is 13.2. The fourth-order valence-electron chi connectivity index (χ4n) is 8.54. The van der Waals surface area contributed by atoms with Gasteiger partial charge in [-0.05, 0) is 66.7 Å². The number of carbonyl (C=O) groups is 4. The van der Waals surface area contributed by atoms with Crippen molar-refractivity contribution in [3.05, 3.63) is 72.7 Å². The third-order valence-electron chi connectivity index (χ3n) is 11.8. The standard InChI is InChI=1S/C44H55N9O6/c1-25(2)37(50-43(56)58-5)41(54)52-21-7-9-29(52)15-18-36-46-24-34(48-36)32-17-16-30(31-19-20-45-39(31)32)27-11-13-28(14-12-27)33-23-47-40(49-33)35-10-8-22-53(35)42(55)38(26(3)4)51-44(57)59-6/h11-14,16-17,19-20,23-26,29,35,37-38,45H,7-10,15,18,21-22H2,1-6H3,(H,46,48)(H,47,49)(H,50,56)(H,51,57)/t29?,35-,37-,38-/m0/s1. The molecule has 15 nitrogen and oxygen atoms in total. The number of aromatic amines is 3. The molecule has 0 bridgehead atoms. The van der Waals surface area contributed by atoms with E-state index in [4.69, 9.17) is 19.4 Å². The van der Waals surface area contributed by atoms with Crippen molar-refractivity contribution in [2.75, 3.05) is 27.3 Å². The zero-order valence-electron chi connectivity index (χ0n) is 34.6. The van der Waals surface area contributed by atoms with Gasteiger partial charge in [0.05, 0.1) is 49.6 Å². The van der Waals surface area contributed by atoms with Crippen molar-refractivity contribution < 1.29 is 28.7 Å². The first kappa shape index (κ1) is 41.1. The normalized spacial score (nSPS) is 17.8. The minimum absolute atomic E-state index is 0.0683. The molecule has 2 aliphatic rings. The Morgan fingerprint density at radius 1 is 0.746 bits per heavy atom. The van der Waals surface area contributed by atoms with Crippen LogP contribution in [0.2, 0.25) is 0 Å². The Hall–Kier alpha value is -6.12. The van der Waals surface area contributed by atoms with Gasteiger partial charge in [0.15, 0.2) is 0 Å². The Kier molecular flexibility index (Phi) is 12.4. The molecule has 2 aliphatic heterocycles. The predicted molar refractivity (Wildman–Crippen MR) is 224 cm³/mol. The summed E-state index contributed by atoms with van der Waals surface area (Å²) in [5, 5.41) is 6.51. The number of nitrogens with one attached hydrogen (secondary N) is 5. The van der Waals surface area contributed by atoms with Gasteiger partial charge in [-0.3, -0.25) is 9.59 Å². The third-order valence-corrected chi connectivity index (χ3v) is 11.8. The number of likely N-dealkylation sites (tertiary alicyclic amines) is 2. The summed E-state index contributed by atoms with van der Waals surface area (Å²) in [5.41, 5.74) is 6.92. The Labute approximate surface area is 344 Å². The molecule has 4 amide bonds. The van der Waals surface area contributed by atoms with Crippen LogP contribution in [0.15, 0.2) is 61.1 Å². The van der Waals surface area contributed by atoms with Gasteiger partial charge in [-0.25, -0.2) is 19.6 Å². The van der Waals surface area contributed by atoms with E-state index in [1.54, 1.807) is 0 Å². The zero-order chi connectivity index (χ0) is 41.8. The van der Waals surface area contributed by atoms with E-state index in [1.165, 1.54) is 14.2 Å². The number of carbonyl (C=O) groups excluding carboxylic acids is 4. The van der Waals surface area contributed by atoms with Gasteiger partial charge in [-0.1, -0.05) is 64.1 Å². The number of aromatic nitrogens is 5. The molecule has 5 heterocycles. The Balaban J connectivity index is 1.02. The molecule has 0 aliphatic carbocycles. The number of methoxy groups -OCH3 is 2. The van der Waals surface area contributed by atoms with Gasteiger partial charge >= 0.3 is 12.2 Å². The SMILES string of the molecule is COC(=O)N[C@H](C(=O)N1CCCC1CCc1ncc(-c2ccc(-c3ccc(-c4cnc([C@@H]5CCCN5C(=O)[C@@H](NC(=O)OC)C(C)C)[nH]4)cc3)c3cc[nH]c23)[nH]1)C(C)C. The van der Waals surface area contributed by atoms with Crippen LogP contribution in [0.4, 0.5) is 9.59 Å². The number of imidazole rings is 2. The molecule has 15 heteroatoms. The first-order valence-electron chi connectivity index (χ1n) is 20.6. The second-order valence-corrected chi connectivity index (χ2v) is 16.2. The Morgan fingerprint density at radius 2 is 1.36 bits per heavy atom. The Bertz CT molecular complexity index is 2270. The van der Waals surface area contributed by atoms with Crippen LogP contribution in [0.3, 0.4) is 0 Å². The molecule has 2 aromatic carbocycles. The van der Waals surface area contributed by atoms with E-state index in [9.17, 15) is 19.2 Å². The number of ether oxygens (including phenoxy) is 2. The molecule has 0 radical (unpaired) electrons. The number of fused-ring (bicyclic) bond motifs is 1. The highest BCUT2D eigenvalue weighted by atomic mass is 16.5. The van der Waals surface area contributed by atoms with Crippen LogP contribution in [0.25, 0.3) is 44.5 Å². The number of hydrogen-bond acceptors (Lipinski definition) is 8. The summed E-state index contributed by atoms with van der Waals surface area (Å²) < 4.78 is 9.54. The van der Waals surface area contributed by atoms with Crippen LogP contribution in [0.5, 0.6) is 0 Å². The van der Waals surface area contributed by atoms with Gasteiger partial charge in [0.2, 0.25) is 11.8 Å². The number of nitrogens with zero attached hydrogens (tertiary/aromatic N) is 4. The van der Waals surface area contributed by atoms with Crippen LogP contribution in [-0.4, -0.2) is 104 Å². The molecule has 59 heavy (non-hydrogen) atoms. The quantitative estimate of drug-likeness (QED) is 0.0844. The van der Waals surface area contributed by atoms with Crippen molar-refractivity contribution in [1.29, 1.82) is 0 Å². The van der Waals surface area contributed by atoms with Gasteiger partial charge < -0.3 is 44.9 Å². The first-order chi connectivity index (χ1) is 28.5. The number of rotatable bonds is 13. The van der Waals surface area contributed by atoms with Crippen molar-refractivity contribution in [2.45, 2.75) is 90.4 Å². The summed E-state index contributed by atoms with van der Waals surface area (Å²) in [4.78, 5) is 74.6. The molecule has 5 aromatic rings. The fraction of sp³-hybridized carbons (Fsp3) is 0.455. The molecule has 1 unspecified atom stereocenters. The average molecular weight is 806 g/mol. The summed E-state index contributed by atoms with van der Waals surface area (Å²) in [6.07, 6.45) is 9.32. The highest BCUT2D eigenvalue weighted by Crippen LogP contribution is 2.37. The van der Waals surface area contributed by atoms with Crippen molar-refractivity contribution in [1.82, 2.24) is 45.4 Å². The monoisotopic (exact) mass is 805 g/mol. The maximum absolute atomic E-state index is 13.6. The second kappa shape index (κ2) is 17.8. The number of benzene rings is 2. The fourth-order valence-corrected chi connectivity index (χ4v) is 8.54. The van der Waals surface area contributed by atoms with Gasteiger partial charge in [-0.2, -0.15) is 0 Å². The maximum atomic E-state index is 13.6. The van der Waals surface area contributed by atoms with E-state index >= 15 is 0 Å². The van der Waals surface area contributed by atoms with Crippen LogP contribution in [0, 0.1) is 11.8 Å². The molecule has 2 fully saturated rings. The van der Waals surface area contributed by atoms with Crippen molar-refractivity contribution in [2.24, 2.45) is 11.8 Å². The van der Waals surface area contributed by atoms with E-state index in [0.717, 1.165) is 88.3 Å². The molecule has 4 atom stereocenters. The minimum atomic E-state index is -0.691. The van der Waals surface area contributed by atoms with Crippen LogP contribution < -0.4 is 10.6 Å². The molecular weight excluding hydrogens is 751 g/mol. The molecule has 7 rings (SSSR count). The van der Waals surface area contributed by atoms with Gasteiger partial charge in [0, 0.05) is 42.7 Å². The summed E-state index contributed by atoms with van der Waals surface area (Å²) in [6.45, 7) is 8.92. The second-order valence-electron chi connectivity index (χ2n) is 16.2. The lowest BCUT2D eigenvalue weighted by atomic mass is 9.97. The summed E-state index contributed by atoms with van der Waals surface area (Å²) in [7, 11) is 2.59. The number of aryl methyl sites for hydroxylation is 1. The average Bonchev–Trinajstić information content (AvgIpc) is 4.09. The largest absolute Gasteiger partial charge is 0.453 e. The molecule has 2 saturated heterocycles. The van der Waals surface area contributed by atoms with Gasteiger partial charge in [-0.15, -0.1) is 0 Å². The van der Waals surface area contributed by atoms with E-state index < -0.39 is 24.3 Å². The summed E-state index contributed by atoms with van der Waals surface area (Å²) in [5.74, 6) is 1.20. The lowest BCUT2D eigenvalue weighted by molar-refractivity contribution is -0.136. The molecule has 0 saturated carbocycles. The molecule has 3 aromatic heterocycles. The van der Waals surface area contributed by atoms with E-state index in [1.807, 2.05) is 56.1 Å².